The van der Waals surface area contributed by atoms with Crippen LogP contribution >= 0.6 is 0 Å². The minimum Gasteiger partial charge on any atom is -0.465 e. The molecule has 0 aromatic rings. The van der Waals surface area contributed by atoms with Gasteiger partial charge in [-0.3, -0.25) is 4.79 Å². The van der Waals surface area contributed by atoms with Crippen molar-refractivity contribution in [1.82, 2.24) is 10.2 Å². The summed E-state index contributed by atoms with van der Waals surface area (Å²) in [5.74, 6) is 2.16. The molecule has 0 radical (unpaired) electrons. The first kappa shape index (κ1) is 15.4. The Morgan fingerprint density at radius 3 is 2.53 bits per heavy atom. The molecule has 2 amide bonds. The smallest absolute Gasteiger partial charge is 0.407 e. The minimum atomic E-state index is -0.929. The Labute approximate surface area is 114 Å². The maximum absolute atomic E-state index is 11.8. The third-order valence-electron chi connectivity index (χ3n) is 3.43. The third kappa shape index (κ3) is 3.88. The van der Waals surface area contributed by atoms with E-state index in [1.807, 2.05) is 20.8 Å². The second kappa shape index (κ2) is 5.96. The van der Waals surface area contributed by atoms with Gasteiger partial charge in [0.2, 0.25) is 5.91 Å². The summed E-state index contributed by atoms with van der Waals surface area (Å²) < 4.78 is 0. The number of nitrogens with zero attached hydrogens (tertiary/aromatic N) is 1. The van der Waals surface area contributed by atoms with Crippen molar-refractivity contribution in [3.63, 3.8) is 0 Å². The SMILES string of the molecule is C#CCNC(=O)[C@@H]1CC[C@H](N(C(=O)O)C(C)(C)C)C1. The topological polar surface area (TPSA) is 69.6 Å². The number of amides is 2. The van der Waals surface area contributed by atoms with Crippen molar-refractivity contribution >= 4 is 12.0 Å². The van der Waals surface area contributed by atoms with Gasteiger partial charge in [-0.25, -0.2) is 4.79 Å². The van der Waals surface area contributed by atoms with E-state index >= 15 is 0 Å². The van der Waals surface area contributed by atoms with E-state index < -0.39 is 11.6 Å². The van der Waals surface area contributed by atoms with Crippen LogP contribution in [0.2, 0.25) is 0 Å². The predicted octanol–water partition coefficient (Wildman–Crippen LogP) is 1.68. The molecule has 0 heterocycles. The molecule has 0 aliphatic heterocycles. The van der Waals surface area contributed by atoms with Crippen LogP contribution in [0.25, 0.3) is 0 Å². The monoisotopic (exact) mass is 266 g/mol. The van der Waals surface area contributed by atoms with Gasteiger partial charge in [-0.15, -0.1) is 6.42 Å². The van der Waals surface area contributed by atoms with Crippen LogP contribution in [0.15, 0.2) is 0 Å². The quantitative estimate of drug-likeness (QED) is 0.764. The lowest BCUT2D eigenvalue weighted by molar-refractivity contribution is -0.124. The van der Waals surface area contributed by atoms with Gasteiger partial charge in [-0.2, -0.15) is 0 Å². The average Bonchev–Trinajstić information content (AvgIpc) is 2.72. The van der Waals surface area contributed by atoms with Crippen molar-refractivity contribution in [2.24, 2.45) is 5.92 Å². The van der Waals surface area contributed by atoms with E-state index in [-0.39, 0.29) is 24.4 Å². The van der Waals surface area contributed by atoms with Crippen LogP contribution < -0.4 is 5.32 Å². The van der Waals surface area contributed by atoms with Crippen LogP contribution in [-0.4, -0.2) is 40.1 Å². The molecule has 2 N–H and O–H groups in total. The van der Waals surface area contributed by atoms with E-state index in [2.05, 4.69) is 11.2 Å². The van der Waals surface area contributed by atoms with E-state index in [1.54, 1.807) is 0 Å². The van der Waals surface area contributed by atoms with Crippen LogP contribution in [0.1, 0.15) is 40.0 Å². The number of nitrogens with one attached hydrogen (secondary N) is 1. The Morgan fingerprint density at radius 2 is 2.05 bits per heavy atom. The van der Waals surface area contributed by atoms with E-state index in [4.69, 9.17) is 6.42 Å². The third-order valence-corrected chi connectivity index (χ3v) is 3.43. The molecule has 1 saturated carbocycles. The van der Waals surface area contributed by atoms with Crippen LogP contribution in [0.3, 0.4) is 0 Å². The lowest BCUT2D eigenvalue weighted by atomic mass is 10.0. The Kier molecular flexibility index (Phi) is 4.82. The second-order valence-corrected chi connectivity index (χ2v) is 5.91. The number of hydrogen-bond donors (Lipinski definition) is 2. The van der Waals surface area contributed by atoms with Crippen molar-refractivity contribution in [2.45, 2.75) is 51.6 Å². The van der Waals surface area contributed by atoms with Crippen LogP contribution in [0, 0.1) is 18.3 Å². The zero-order valence-electron chi connectivity index (χ0n) is 11.8. The Balaban J connectivity index is 2.67. The van der Waals surface area contributed by atoms with E-state index in [0.717, 1.165) is 6.42 Å². The maximum atomic E-state index is 11.8. The molecular formula is C14H22N2O3. The fraction of sp³-hybridized carbons (Fsp3) is 0.714. The Morgan fingerprint density at radius 1 is 1.42 bits per heavy atom. The molecule has 19 heavy (non-hydrogen) atoms. The second-order valence-electron chi connectivity index (χ2n) is 5.91. The maximum Gasteiger partial charge on any atom is 0.407 e. The first-order valence-electron chi connectivity index (χ1n) is 6.50. The summed E-state index contributed by atoms with van der Waals surface area (Å²) in [6, 6.07) is -0.0981. The van der Waals surface area contributed by atoms with Crippen molar-refractivity contribution in [3.05, 3.63) is 0 Å². The molecular weight excluding hydrogens is 244 g/mol. The number of terminal acetylenes is 1. The first-order valence-corrected chi connectivity index (χ1v) is 6.50. The minimum absolute atomic E-state index is 0.0697. The van der Waals surface area contributed by atoms with Gasteiger partial charge in [0.1, 0.15) is 0 Å². The van der Waals surface area contributed by atoms with E-state index in [0.29, 0.717) is 12.8 Å². The fourth-order valence-corrected chi connectivity index (χ4v) is 2.70. The van der Waals surface area contributed by atoms with Crippen molar-refractivity contribution in [1.29, 1.82) is 0 Å². The van der Waals surface area contributed by atoms with Crippen molar-refractivity contribution < 1.29 is 14.7 Å². The zero-order valence-corrected chi connectivity index (χ0v) is 11.8. The lowest BCUT2D eigenvalue weighted by Crippen LogP contribution is -2.50. The van der Waals surface area contributed by atoms with Crippen LogP contribution in [0.5, 0.6) is 0 Å². The summed E-state index contributed by atoms with van der Waals surface area (Å²) in [4.78, 5) is 24.7. The van der Waals surface area contributed by atoms with Crippen LogP contribution in [-0.2, 0) is 4.79 Å². The molecule has 0 spiro atoms. The normalized spacial score (nSPS) is 22.6. The first-order chi connectivity index (χ1) is 8.77. The highest BCUT2D eigenvalue weighted by Gasteiger charge is 2.39. The number of hydrogen-bond acceptors (Lipinski definition) is 2. The van der Waals surface area contributed by atoms with Gasteiger partial charge in [0.25, 0.3) is 0 Å². The molecule has 0 aromatic carbocycles. The molecule has 0 bridgehead atoms. The molecule has 1 fully saturated rings. The largest absolute Gasteiger partial charge is 0.465 e. The molecule has 1 rings (SSSR count). The number of rotatable bonds is 3. The van der Waals surface area contributed by atoms with E-state index in [1.165, 1.54) is 4.90 Å². The standard InChI is InChI=1S/C14H22N2O3/c1-5-8-15-12(17)10-6-7-11(9-10)16(13(18)19)14(2,3)4/h1,10-11H,6-9H2,2-4H3,(H,15,17)(H,18,19)/t10-,11+/m1/s1. The summed E-state index contributed by atoms with van der Waals surface area (Å²) in [5.41, 5.74) is -0.458. The van der Waals surface area contributed by atoms with Gasteiger partial charge in [0, 0.05) is 17.5 Å². The number of carbonyl (C=O) groups excluding carboxylic acids is 1. The molecule has 1 aliphatic carbocycles. The molecule has 1 aliphatic rings. The van der Waals surface area contributed by atoms with Gasteiger partial charge in [0.05, 0.1) is 6.54 Å². The van der Waals surface area contributed by atoms with Gasteiger partial charge in [0.15, 0.2) is 0 Å². The summed E-state index contributed by atoms with van der Waals surface area (Å²) in [5, 5.41) is 12.0. The number of carboxylic acid groups (broad SMARTS) is 1. The summed E-state index contributed by atoms with van der Waals surface area (Å²) in [6.07, 6.45) is 6.17. The van der Waals surface area contributed by atoms with Gasteiger partial charge in [-0.05, 0) is 40.0 Å². The highest BCUT2D eigenvalue weighted by molar-refractivity contribution is 5.79. The summed E-state index contributed by atoms with van der Waals surface area (Å²) in [7, 11) is 0. The van der Waals surface area contributed by atoms with Gasteiger partial charge < -0.3 is 15.3 Å². The number of carbonyl (C=O) groups is 2. The van der Waals surface area contributed by atoms with Gasteiger partial charge >= 0.3 is 6.09 Å². The summed E-state index contributed by atoms with van der Waals surface area (Å²) in [6.45, 7) is 5.83. The average molecular weight is 266 g/mol. The van der Waals surface area contributed by atoms with E-state index in [9.17, 15) is 14.7 Å². The summed E-state index contributed by atoms with van der Waals surface area (Å²) >= 11 is 0. The molecule has 0 aromatic heterocycles. The van der Waals surface area contributed by atoms with Crippen molar-refractivity contribution in [2.75, 3.05) is 6.54 Å². The molecule has 106 valence electrons. The highest BCUT2D eigenvalue weighted by Crippen LogP contribution is 2.33. The predicted molar refractivity (Wildman–Crippen MR) is 72.6 cm³/mol. The molecule has 0 unspecified atom stereocenters. The molecule has 5 nitrogen and oxygen atoms in total. The van der Waals surface area contributed by atoms with Crippen LogP contribution in [0.4, 0.5) is 4.79 Å². The molecule has 0 saturated heterocycles. The van der Waals surface area contributed by atoms with Crippen molar-refractivity contribution in [3.8, 4) is 12.3 Å². The fourth-order valence-electron chi connectivity index (χ4n) is 2.70. The lowest BCUT2D eigenvalue weighted by Gasteiger charge is -2.38. The highest BCUT2D eigenvalue weighted by atomic mass is 16.4. The zero-order chi connectivity index (χ0) is 14.6. The Bertz CT molecular complexity index is 392. The molecule has 5 heteroatoms. The van der Waals surface area contributed by atoms with Gasteiger partial charge in [-0.1, -0.05) is 5.92 Å². The Hall–Kier alpha value is -1.70. The molecule has 2 atom stereocenters.